The van der Waals surface area contributed by atoms with E-state index in [1.54, 1.807) is 42.7 Å². The summed E-state index contributed by atoms with van der Waals surface area (Å²) < 4.78 is 10.3. The summed E-state index contributed by atoms with van der Waals surface area (Å²) in [7, 11) is 0. The summed E-state index contributed by atoms with van der Waals surface area (Å²) in [5, 5.41) is 16.3. The molecule has 0 aliphatic rings. The quantitative estimate of drug-likeness (QED) is 0.339. The molecule has 2 aromatic carbocycles. The molecule has 29 heavy (non-hydrogen) atoms. The second-order valence-electron chi connectivity index (χ2n) is 5.91. The predicted molar refractivity (Wildman–Crippen MR) is 104 cm³/mol. The van der Waals surface area contributed by atoms with Crippen molar-refractivity contribution in [2.45, 2.75) is 6.54 Å². The van der Waals surface area contributed by atoms with Gasteiger partial charge in [0, 0.05) is 23.5 Å². The molecule has 0 saturated heterocycles. The van der Waals surface area contributed by atoms with Crippen molar-refractivity contribution in [2.24, 2.45) is 0 Å². The lowest BCUT2D eigenvalue weighted by atomic mass is 10.2. The van der Waals surface area contributed by atoms with Crippen LogP contribution in [-0.2, 0) is 16.1 Å². The minimum atomic E-state index is -0.679. The zero-order chi connectivity index (χ0) is 20.6. The first-order chi connectivity index (χ1) is 14.0. The maximum absolute atomic E-state index is 12.4. The molecule has 0 aliphatic carbocycles. The van der Waals surface area contributed by atoms with Crippen LogP contribution in [0.1, 0.15) is 16.1 Å². The minimum absolute atomic E-state index is 0.156. The van der Waals surface area contributed by atoms with Crippen LogP contribution in [0.3, 0.4) is 0 Å². The summed E-state index contributed by atoms with van der Waals surface area (Å²) in [5.74, 6) is -0.592. The molecule has 0 aliphatic heterocycles. The smallest absolute Gasteiger partial charge is 0.340 e. The highest BCUT2D eigenvalue weighted by Crippen LogP contribution is 2.19. The van der Waals surface area contributed by atoms with Gasteiger partial charge in [0.1, 0.15) is 5.76 Å². The molecule has 148 valence electrons. The number of ether oxygens (including phenoxy) is 1. The molecule has 1 heterocycles. The lowest BCUT2D eigenvalue weighted by Gasteiger charge is -2.11. The molecule has 0 unspecified atom stereocenters. The maximum atomic E-state index is 12.4. The molecule has 2 N–H and O–H groups in total. The van der Waals surface area contributed by atoms with Crippen molar-refractivity contribution >= 4 is 28.9 Å². The van der Waals surface area contributed by atoms with Crippen molar-refractivity contribution in [3.8, 4) is 0 Å². The van der Waals surface area contributed by atoms with Crippen LogP contribution in [0.15, 0.2) is 71.3 Å². The highest BCUT2D eigenvalue weighted by Gasteiger charge is 2.15. The summed E-state index contributed by atoms with van der Waals surface area (Å²) in [6.45, 7) is -0.154. The molecule has 3 aromatic rings. The van der Waals surface area contributed by atoms with Crippen LogP contribution in [0.4, 0.5) is 17.1 Å². The molecule has 0 saturated carbocycles. The summed E-state index contributed by atoms with van der Waals surface area (Å²) in [5.41, 5.74) is 0.882. The molecular formula is C20H17N3O6. The fourth-order valence-electron chi connectivity index (χ4n) is 2.51. The van der Waals surface area contributed by atoms with E-state index in [0.29, 0.717) is 18.0 Å². The molecule has 1 aromatic heterocycles. The molecule has 0 atom stereocenters. The zero-order valence-corrected chi connectivity index (χ0v) is 15.2. The van der Waals surface area contributed by atoms with Gasteiger partial charge in [0.15, 0.2) is 6.61 Å². The number of rotatable bonds is 8. The van der Waals surface area contributed by atoms with E-state index in [2.05, 4.69) is 10.6 Å². The number of hydrogen-bond acceptors (Lipinski definition) is 7. The molecule has 0 fully saturated rings. The number of para-hydroxylation sites is 1. The van der Waals surface area contributed by atoms with Crippen LogP contribution >= 0.6 is 0 Å². The Morgan fingerprint density at radius 3 is 2.66 bits per heavy atom. The summed E-state index contributed by atoms with van der Waals surface area (Å²) in [6.07, 6.45) is 1.55. The van der Waals surface area contributed by atoms with Gasteiger partial charge in [-0.25, -0.2) is 4.79 Å². The molecule has 0 radical (unpaired) electrons. The number of benzene rings is 2. The summed E-state index contributed by atoms with van der Waals surface area (Å²) >= 11 is 0. The first-order valence-corrected chi connectivity index (χ1v) is 8.59. The number of nitrogens with one attached hydrogen (secondary N) is 2. The normalized spacial score (nSPS) is 10.2. The SMILES string of the molecule is O=C(COC(=O)c1ccccc1NCc1ccco1)Nc1cccc([N+](=O)[O-])c1. The lowest BCUT2D eigenvalue weighted by Crippen LogP contribution is -2.21. The second kappa shape index (κ2) is 9.18. The Balaban J connectivity index is 1.57. The number of nitro benzene ring substituents is 1. The van der Waals surface area contributed by atoms with E-state index in [0.717, 1.165) is 0 Å². The van der Waals surface area contributed by atoms with Crippen LogP contribution in [0.5, 0.6) is 0 Å². The van der Waals surface area contributed by atoms with Crippen LogP contribution in [0.2, 0.25) is 0 Å². The van der Waals surface area contributed by atoms with Crippen molar-refractivity contribution in [1.82, 2.24) is 0 Å². The Bertz CT molecular complexity index is 1020. The molecule has 9 nitrogen and oxygen atoms in total. The molecule has 1 amide bonds. The average Bonchev–Trinajstić information content (AvgIpc) is 3.24. The van der Waals surface area contributed by atoms with Gasteiger partial charge in [0.2, 0.25) is 0 Å². The van der Waals surface area contributed by atoms with E-state index >= 15 is 0 Å². The van der Waals surface area contributed by atoms with Gasteiger partial charge < -0.3 is 19.8 Å². The van der Waals surface area contributed by atoms with E-state index in [9.17, 15) is 19.7 Å². The highest BCUT2D eigenvalue weighted by molar-refractivity contribution is 5.98. The first kappa shape index (κ1) is 19.6. The Kier molecular flexibility index (Phi) is 6.21. The number of furan rings is 1. The van der Waals surface area contributed by atoms with E-state index in [1.807, 2.05) is 0 Å². The molecule has 0 spiro atoms. The first-order valence-electron chi connectivity index (χ1n) is 8.59. The molecule has 0 bridgehead atoms. The number of carbonyl (C=O) groups excluding carboxylic acids is 2. The van der Waals surface area contributed by atoms with Crippen LogP contribution in [0, 0.1) is 10.1 Å². The number of carbonyl (C=O) groups is 2. The third-order valence-electron chi connectivity index (χ3n) is 3.86. The maximum Gasteiger partial charge on any atom is 0.340 e. The van der Waals surface area contributed by atoms with Gasteiger partial charge in [0.25, 0.3) is 11.6 Å². The molecule has 3 rings (SSSR count). The average molecular weight is 395 g/mol. The van der Waals surface area contributed by atoms with Gasteiger partial charge in [-0.2, -0.15) is 0 Å². The number of amides is 1. The van der Waals surface area contributed by atoms with Crippen LogP contribution in [-0.4, -0.2) is 23.4 Å². The van der Waals surface area contributed by atoms with E-state index in [4.69, 9.17) is 9.15 Å². The Labute approximate surface area is 165 Å². The third kappa shape index (κ3) is 5.42. The van der Waals surface area contributed by atoms with Gasteiger partial charge in [-0.05, 0) is 30.3 Å². The van der Waals surface area contributed by atoms with Crippen LogP contribution in [0.25, 0.3) is 0 Å². The Morgan fingerprint density at radius 2 is 1.90 bits per heavy atom. The van der Waals surface area contributed by atoms with Gasteiger partial charge in [0.05, 0.1) is 23.3 Å². The van der Waals surface area contributed by atoms with Crippen molar-refractivity contribution < 1.29 is 23.7 Å². The van der Waals surface area contributed by atoms with E-state index < -0.39 is 23.4 Å². The predicted octanol–water partition coefficient (Wildman–Crippen LogP) is 3.60. The monoisotopic (exact) mass is 395 g/mol. The Morgan fingerprint density at radius 1 is 1.07 bits per heavy atom. The zero-order valence-electron chi connectivity index (χ0n) is 15.2. The number of non-ortho nitro benzene ring substituents is 1. The van der Waals surface area contributed by atoms with Crippen molar-refractivity contribution in [3.63, 3.8) is 0 Å². The minimum Gasteiger partial charge on any atom is -0.467 e. The number of anilines is 2. The standard InChI is InChI=1S/C20H17N3O6/c24-19(22-14-5-3-6-15(11-14)23(26)27)13-29-20(25)17-8-1-2-9-18(17)21-12-16-7-4-10-28-16/h1-11,21H,12-13H2,(H,22,24). The number of hydrogen-bond donors (Lipinski definition) is 2. The second-order valence-corrected chi connectivity index (χ2v) is 5.91. The summed E-state index contributed by atoms with van der Waals surface area (Å²) in [4.78, 5) is 34.6. The van der Waals surface area contributed by atoms with Gasteiger partial charge in [-0.15, -0.1) is 0 Å². The van der Waals surface area contributed by atoms with Crippen molar-refractivity contribution in [1.29, 1.82) is 0 Å². The molecule has 9 heteroatoms. The number of nitro groups is 1. The van der Waals surface area contributed by atoms with Crippen molar-refractivity contribution in [3.05, 3.63) is 88.4 Å². The van der Waals surface area contributed by atoms with Crippen LogP contribution < -0.4 is 10.6 Å². The Hall–Kier alpha value is -4.14. The highest BCUT2D eigenvalue weighted by atomic mass is 16.6. The van der Waals surface area contributed by atoms with Gasteiger partial charge in [-0.1, -0.05) is 18.2 Å². The third-order valence-corrected chi connectivity index (χ3v) is 3.86. The number of nitrogens with zero attached hydrogens (tertiary/aromatic N) is 1. The van der Waals surface area contributed by atoms with E-state index in [-0.39, 0.29) is 16.9 Å². The van der Waals surface area contributed by atoms with E-state index in [1.165, 1.54) is 24.3 Å². The summed E-state index contributed by atoms with van der Waals surface area (Å²) in [6, 6.07) is 15.8. The number of esters is 1. The fraction of sp³-hybridized carbons (Fsp3) is 0.100. The van der Waals surface area contributed by atoms with Gasteiger partial charge >= 0.3 is 5.97 Å². The van der Waals surface area contributed by atoms with Gasteiger partial charge in [-0.3, -0.25) is 14.9 Å². The topological polar surface area (TPSA) is 124 Å². The molecular weight excluding hydrogens is 378 g/mol. The lowest BCUT2D eigenvalue weighted by molar-refractivity contribution is -0.384. The largest absolute Gasteiger partial charge is 0.467 e. The van der Waals surface area contributed by atoms with Crippen molar-refractivity contribution in [2.75, 3.05) is 17.2 Å². The fourth-order valence-corrected chi connectivity index (χ4v) is 2.51.